The summed E-state index contributed by atoms with van der Waals surface area (Å²) in [5.74, 6) is 0.200. The molecule has 6 heteroatoms. The highest BCUT2D eigenvalue weighted by molar-refractivity contribution is 7.12. The molecule has 0 fully saturated rings. The molecule has 2 rings (SSSR count). The summed E-state index contributed by atoms with van der Waals surface area (Å²) in [7, 11) is 3.11. The molecule has 0 bridgehead atoms. The van der Waals surface area contributed by atoms with Gasteiger partial charge in [-0.25, -0.2) is 4.79 Å². The molecule has 2 aromatic rings. The van der Waals surface area contributed by atoms with Gasteiger partial charge in [0.2, 0.25) is 0 Å². The van der Waals surface area contributed by atoms with E-state index in [0.29, 0.717) is 16.4 Å². The molecule has 2 heterocycles. The van der Waals surface area contributed by atoms with Gasteiger partial charge in [0, 0.05) is 18.7 Å². The zero-order valence-corrected chi connectivity index (χ0v) is 9.75. The Morgan fingerprint density at radius 2 is 2.38 bits per heavy atom. The lowest BCUT2D eigenvalue weighted by Gasteiger charge is -1.98. The number of esters is 1. The Balaban J connectivity index is 2.48. The van der Waals surface area contributed by atoms with Crippen LogP contribution in [0.1, 0.15) is 9.67 Å². The number of nitrogen functional groups attached to an aromatic ring is 1. The SMILES string of the molecule is COC(=O)c1sccc1-c1cc(N)n(C)n1. The second-order valence-corrected chi connectivity index (χ2v) is 4.15. The van der Waals surface area contributed by atoms with Crippen molar-refractivity contribution in [1.82, 2.24) is 9.78 Å². The van der Waals surface area contributed by atoms with Gasteiger partial charge in [0.25, 0.3) is 0 Å². The Bertz CT molecular complexity index is 510. The average molecular weight is 237 g/mol. The standard InChI is InChI=1S/C10H11N3O2S/c1-13-8(11)5-7(12-13)6-3-4-16-9(6)10(14)15-2/h3-5H,11H2,1-2H3. The topological polar surface area (TPSA) is 70.1 Å². The number of carbonyl (C=O) groups excluding carboxylic acids is 1. The minimum absolute atomic E-state index is 0.353. The molecule has 0 aliphatic rings. The number of nitrogens with two attached hydrogens (primary N) is 1. The van der Waals surface area contributed by atoms with E-state index in [9.17, 15) is 4.79 Å². The Hall–Kier alpha value is -1.82. The first-order valence-electron chi connectivity index (χ1n) is 4.59. The summed E-state index contributed by atoms with van der Waals surface area (Å²) < 4.78 is 6.26. The van der Waals surface area contributed by atoms with E-state index in [1.54, 1.807) is 17.8 Å². The smallest absolute Gasteiger partial charge is 0.348 e. The first-order chi connectivity index (χ1) is 7.63. The molecule has 5 nitrogen and oxygen atoms in total. The fourth-order valence-electron chi connectivity index (χ4n) is 1.38. The molecule has 0 amide bonds. The summed E-state index contributed by atoms with van der Waals surface area (Å²) in [6, 6.07) is 3.56. The van der Waals surface area contributed by atoms with Crippen LogP contribution in [-0.2, 0) is 11.8 Å². The van der Waals surface area contributed by atoms with Crippen molar-refractivity contribution in [3.05, 3.63) is 22.4 Å². The van der Waals surface area contributed by atoms with Crippen molar-refractivity contribution in [2.45, 2.75) is 0 Å². The highest BCUT2D eigenvalue weighted by Crippen LogP contribution is 2.28. The maximum absolute atomic E-state index is 11.5. The number of nitrogens with zero attached hydrogens (tertiary/aromatic N) is 2. The van der Waals surface area contributed by atoms with Crippen LogP contribution < -0.4 is 5.73 Å². The fraction of sp³-hybridized carbons (Fsp3) is 0.200. The highest BCUT2D eigenvalue weighted by atomic mass is 32.1. The molecule has 0 aliphatic heterocycles. The monoisotopic (exact) mass is 237 g/mol. The zero-order chi connectivity index (χ0) is 11.7. The van der Waals surface area contributed by atoms with Crippen molar-refractivity contribution in [2.75, 3.05) is 12.8 Å². The molecule has 0 saturated heterocycles. The van der Waals surface area contributed by atoms with Crippen LogP contribution in [0.2, 0.25) is 0 Å². The molecule has 16 heavy (non-hydrogen) atoms. The minimum Gasteiger partial charge on any atom is -0.465 e. The Morgan fingerprint density at radius 1 is 1.62 bits per heavy atom. The summed E-state index contributed by atoms with van der Waals surface area (Å²) in [4.78, 5) is 12.0. The van der Waals surface area contributed by atoms with Gasteiger partial charge in [0.15, 0.2) is 0 Å². The van der Waals surface area contributed by atoms with E-state index in [-0.39, 0.29) is 5.97 Å². The van der Waals surface area contributed by atoms with Crippen molar-refractivity contribution in [3.63, 3.8) is 0 Å². The molecule has 0 radical (unpaired) electrons. The zero-order valence-electron chi connectivity index (χ0n) is 8.93. The summed E-state index contributed by atoms with van der Waals surface area (Å²) in [6.07, 6.45) is 0. The third-order valence-corrected chi connectivity index (χ3v) is 3.12. The van der Waals surface area contributed by atoms with Crippen molar-refractivity contribution in [3.8, 4) is 11.3 Å². The molecule has 0 aromatic carbocycles. The molecule has 2 N–H and O–H groups in total. The molecule has 0 aliphatic carbocycles. The number of aromatic nitrogens is 2. The number of carbonyl (C=O) groups is 1. The number of rotatable bonds is 2. The lowest BCUT2D eigenvalue weighted by Crippen LogP contribution is -2.00. The van der Waals surface area contributed by atoms with Gasteiger partial charge in [-0.3, -0.25) is 4.68 Å². The summed E-state index contributed by atoms with van der Waals surface area (Å²) in [6.45, 7) is 0. The van der Waals surface area contributed by atoms with Gasteiger partial charge in [-0.2, -0.15) is 5.10 Å². The largest absolute Gasteiger partial charge is 0.465 e. The van der Waals surface area contributed by atoms with Crippen molar-refractivity contribution in [1.29, 1.82) is 0 Å². The summed E-state index contributed by atoms with van der Waals surface area (Å²) in [5, 5.41) is 6.05. The predicted octanol–water partition coefficient (Wildman–Crippen LogP) is 1.52. The average Bonchev–Trinajstić information content (AvgIpc) is 2.85. The first kappa shape index (κ1) is 10.7. The van der Waals surface area contributed by atoms with Crippen LogP contribution in [0.25, 0.3) is 11.3 Å². The number of aryl methyl sites for hydroxylation is 1. The van der Waals surface area contributed by atoms with Gasteiger partial charge in [-0.05, 0) is 11.4 Å². The van der Waals surface area contributed by atoms with Crippen molar-refractivity contribution < 1.29 is 9.53 Å². The van der Waals surface area contributed by atoms with Crippen LogP contribution in [0.15, 0.2) is 17.5 Å². The predicted molar refractivity (Wildman–Crippen MR) is 62.3 cm³/mol. The van der Waals surface area contributed by atoms with E-state index < -0.39 is 0 Å². The van der Waals surface area contributed by atoms with Crippen LogP contribution in [0.5, 0.6) is 0 Å². The third-order valence-electron chi connectivity index (χ3n) is 2.23. The van der Waals surface area contributed by atoms with E-state index in [4.69, 9.17) is 10.5 Å². The number of hydrogen-bond donors (Lipinski definition) is 1. The highest BCUT2D eigenvalue weighted by Gasteiger charge is 2.17. The van der Waals surface area contributed by atoms with E-state index in [2.05, 4.69) is 5.10 Å². The number of anilines is 1. The molecule has 0 unspecified atom stereocenters. The maximum Gasteiger partial charge on any atom is 0.348 e. The Morgan fingerprint density at radius 3 is 2.94 bits per heavy atom. The lowest BCUT2D eigenvalue weighted by atomic mass is 10.2. The quantitative estimate of drug-likeness (QED) is 0.804. The van der Waals surface area contributed by atoms with E-state index >= 15 is 0 Å². The van der Waals surface area contributed by atoms with Crippen molar-refractivity contribution >= 4 is 23.1 Å². The van der Waals surface area contributed by atoms with Crippen LogP contribution in [0, 0.1) is 0 Å². The first-order valence-corrected chi connectivity index (χ1v) is 5.47. The van der Waals surface area contributed by atoms with Crippen LogP contribution >= 0.6 is 11.3 Å². The summed E-state index contributed by atoms with van der Waals surface area (Å²) in [5.41, 5.74) is 7.13. The van der Waals surface area contributed by atoms with Gasteiger partial charge in [0.05, 0.1) is 12.8 Å². The van der Waals surface area contributed by atoms with Gasteiger partial charge in [0.1, 0.15) is 10.7 Å². The van der Waals surface area contributed by atoms with E-state index in [0.717, 1.165) is 5.56 Å². The van der Waals surface area contributed by atoms with E-state index in [1.807, 2.05) is 11.4 Å². The van der Waals surface area contributed by atoms with Gasteiger partial charge < -0.3 is 10.5 Å². The molecule has 0 atom stereocenters. The molecular weight excluding hydrogens is 226 g/mol. The third kappa shape index (κ3) is 1.67. The number of hydrogen-bond acceptors (Lipinski definition) is 5. The Labute approximate surface area is 96.4 Å². The minimum atomic E-state index is -0.353. The van der Waals surface area contributed by atoms with Crippen LogP contribution in [0.3, 0.4) is 0 Å². The second kappa shape index (κ2) is 3.97. The summed E-state index contributed by atoms with van der Waals surface area (Å²) >= 11 is 1.33. The molecule has 84 valence electrons. The molecule has 0 saturated carbocycles. The normalized spacial score (nSPS) is 10.4. The fourth-order valence-corrected chi connectivity index (χ4v) is 2.19. The molecule has 2 aromatic heterocycles. The van der Waals surface area contributed by atoms with Crippen LogP contribution in [-0.4, -0.2) is 22.9 Å². The van der Waals surface area contributed by atoms with Crippen LogP contribution in [0.4, 0.5) is 5.82 Å². The number of methoxy groups -OCH3 is 1. The number of ether oxygens (including phenoxy) is 1. The van der Waals surface area contributed by atoms with E-state index in [1.165, 1.54) is 18.4 Å². The van der Waals surface area contributed by atoms with Gasteiger partial charge in [-0.1, -0.05) is 0 Å². The maximum atomic E-state index is 11.5. The van der Waals surface area contributed by atoms with Crippen molar-refractivity contribution in [2.24, 2.45) is 7.05 Å². The Kier molecular flexibility index (Phi) is 2.66. The van der Waals surface area contributed by atoms with Gasteiger partial charge >= 0.3 is 5.97 Å². The second-order valence-electron chi connectivity index (χ2n) is 3.23. The molecular formula is C10H11N3O2S. The van der Waals surface area contributed by atoms with Gasteiger partial charge in [-0.15, -0.1) is 11.3 Å². The molecule has 0 spiro atoms. The lowest BCUT2D eigenvalue weighted by molar-refractivity contribution is 0.0607. The number of thiophene rings is 1.